The van der Waals surface area contributed by atoms with Crippen LogP contribution in [0.15, 0.2) is 24.3 Å². The minimum absolute atomic E-state index is 0.0137. The van der Waals surface area contributed by atoms with Crippen molar-refractivity contribution in [3.63, 3.8) is 0 Å². The Bertz CT molecular complexity index is 604. The predicted molar refractivity (Wildman–Crippen MR) is 94.2 cm³/mol. The van der Waals surface area contributed by atoms with E-state index in [0.717, 1.165) is 30.6 Å². The first kappa shape index (κ1) is 18.2. The lowest BCUT2D eigenvalue weighted by Crippen LogP contribution is -2.44. The third-order valence-corrected chi connectivity index (χ3v) is 6.40. The molecule has 1 aliphatic rings. The number of anilines is 1. The van der Waals surface area contributed by atoms with Crippen LogP contribution in [0.5, 0.6) is 0 Å². The first-order valence-corrected chi connectivity index (χ1v) is 9.88. The lowest BCUT2D eigenvalue weighted by Gasteiger charge is -2.29. The minimum Gasteiger partial charge on any atom is -0.385 e. The number of likely N-dealkylation sites (N-methyl/N-ethyl adjacent to an activating group) is 1. The Hall–Kier alpha value is -1.11. The fourth-order valence-corrected chi connectivity index (χ4v) is 4.93. The van der Waals surface area contributed by atoms with Gasteiger partial charge in [0.2, 0.25) is 10.0 Å². The highest BCUT2D eigenvalue weighted by Crippen LogP contribution is 2.29. The average molecular weight is 340 g/mol. The Balaban J connectivity index is 2.21. The van der Waals surface area contributed by atoms with Crippen LogP contribution in [0.25, 0.3) is 0 Å². The van der Waals surface area contributed by atoms with E-state index in [2.05, 4.69) is 17.9 Å². The quantitative estimate of drug-likeness (QED) is 0.716. The third kappa shape index (κ3) is 4.46. The Labute approximate surface area is 140 Å². The van der Waals surface area contributed by atoms with E-state index in [-0.39, 0.29) is 11.8 Å². The molecular formula is C17H28N2O3S. The van der Waals surface area contributed by atoms with Gasteiger partial charge in [-0.25, -0.2) is 8.42 Å². The Kier molecular flexibility index (Phi) is 6.44. The normalized spacial score (nSPS) is 19.4. The van der Waals surface area contributed by atoms with Crippen LogP contribution in [-0.2, 0) is 21.3 Å². The first-order valence-electron chi connectivity index (χ1n) is 8.27. The van der Waals surface area contributed by atoms with Gasteiger partial charge in [0.15, 0.2) is 0 Å². The van der Waals surface area contributed by atoms with Gasteiger partial charge in [-0.3, -0.25) is 0 Å². The van der Waals surface area contributed by atoms with E-state index < -0.39 is 10.0 Å². The fraction of sp³-hybridized carbons (Fsp3) is 0.647. The number of hydrogen-bond acceptors (Lipinski definition) is 4. The maximum atomic E-state index is 12.9. The van der Waals surface area contributed by atoms with E-state index in [1.54, 1.807) is 11.4 Å². The van der Waals surface area contributed by atoms with E-state index in [0.29, 0.717) is 19.6 Å². The van der Waals surface area contributed by atoms with Crippen molar-refractivity contribution in [3.8, 4) is 0 Å². The smallest absolute Gasteiger partial charge is 0.214 e. The van der Waals surface area contributed by atoms with Gasteiger partial charge in [0, 0.05) is 45.6 Å². The number of benzene rings is 1. The second-order valence-corrected chi connectivity index (χ2v) is 8.17. The Morgan fingerprint density at radius 2 is 2.00 bits per heavy atom. The summed E-state index contributed by atoms with van der Waals surface area (Å²) in [4.78, 5) is 2.17. The largest absolute Gasteiger partial charge is 0.385 e. The maximum absolute atomic E-state index is 12.9. The molecule has 0 N–H and O–H groups in total. The summed E-state index contributed by atoms with van der Waals surface area (Å²) in [6, 6.07) is 8.08. The van der Waals surface area contributed by atoms with Gasteiger partial charge in [0.1, 0.15) is 0 Å². The molecule has 0 aliphatic carbocycles. The second kappa shape index (κ2) is 8.13. The number of rotatable bonds is 7. The van der Waals surface area contributed by atoms with Gasteiger partial charge >= 0.3 is 0 Å². The van der Waals surface area contributed by atoms with Crippen LogP contribution in [0, 0.1) is 0 Å². The summed E-state index contributed by atoms with van der Waals surface area (Å²) in [6.45, 7) is 3.86. The summed E-state index contributed by atoms with van der Waals surface area (Å²) in [5.74, 6) is 0.193. The van der Waals surface area contributed by atoms with Crippen molar-refractivity contribution in [1.82, 2.24) is 4.31 Å². The van der Waals surface area contributed by atoms with Crippen LogP contribution in [0.2, 0.25) is 0 Å². The molecule has 0 aromatic heterocycles. The van der Waals surface area contributed by atoms with Crippen molar-refractivity contribution in [3.05, 3.63) is 29.8 Å². The summed E-state index contributed by atoms with van der Waals surface area (Å²) >= 11 is 0. The van der Waals surface area contributed by atoms with Crippen LogP contribution in [-0.4, -0.2) is 51.8 Å². The Morgan fingerprint density at radius 1 is 1.26 bits per heavy atom. The van der Waals surface area contributed by atoms with E-state index in [1.807, 2.05) is 25.2 Å². The summed E-state index contributed by atoms with van der Waals surface area (Å²) in [5.41, 5.74) is 2.20. The van der Waals surface area contributed by atoms with E-state index in [1.165, 1.54) is 0 Å². The number of fused-ring (bicyclic) bond motifs is 1. The molecule has 0 radical (unpaired) electrons. The number of nitrogens with zero attached hydrogens (tertiary/aromatic N) is 2. The number of sulfonamides is 1. The lowest BCUT2D eigenvalue weighted by molar-refractivity contribution is 0.194. The van der Waals surface area contributed by atoms with Gasteiger partial charge in [-0.2, -0.15) is 4.31 Å². The molecule has 0 saturated carbocycles. The molecule has 130 valence electrons. The Morgan fingerprint density at radius 3 is 2.70 bits per heavy atom. The highest BCUT2D eigenvalue weighted by Gasteiger charge is 2.32. The van der Waals surface area contributed by atoms with E-state index in [9.17, 15) is 8.42 Å². The van der Waals surface area contributed by atoms with Crippen molar-refractivity contribution in [2.75, 3.05) is 38.0 Å². The number of methoxy groups -OCH3 is 1. The predicted octanol–water partition coefficient (Wildman–Crippen LogP) is 2.47. The van der Waals surface area contributed by atoms with Crippen LogP contribution < -0.4 is 4.90 Å². The SMILES string of the molecule is CCC1CN(C)c2ccccc2CN1S(=O)(=O)CCCCOC. The molecule has 0 fully saturated rings. The van der Waals surface area contributed by atoms with Crippen molar-refractivity contribution >= 4 is 15.7 Å². The molecule has 1 aliphatic heterocycles. The number of para-hydroxylation sites is 1. The minimum atomic E-state index is -3.26. The highest BCUT2D eigenvalue weighted by molar-refractivity contribution is 7.89. The number of ether oxygens (including phenoxy) is 1. The molecule has 1 aromatic carbocycles. The standard InChI is InChI=1S/C17H28N2O3S/c1-4-16-14-18(2)17-10-6-5-9-15(17)13-19(16)23(20,21)12-8-7-11-22-3/h5-6,9-10,16H,4,7-8,11-14H2,1-3H3. The molecular weight excluding hydrogens is 312 g/mol. The molecule has 5 nitrogen and oxygen atoms in total. The second-order valence-electron chi connectivity index (χ2n) is 6.13. The molecule has 0 saturated heterocycles. The van der Waals surface area contributed by atoms with Gasteiger partial charge in [-0.15, -0.1) is 0 Å². The van der Waals surface area contributed by atoms with Crippen LogP contribution in [0.3, 0.4) is 0 Å². The molecule has 2 rings (SSSR count). The van der Waals surface area contributed by atoms with Gasteiger partial charge in [-0.05, 0) is 30.9 Å². The topological polar surface area (TPSA) is 49.9 Å². The summed E-state index contributed by atoms with van der Waals surface area (Å²) in [5, 5.41) is 0. The third-order valence-electron chi connectivity index (χ3n) is 4.45. The van der Waals surface area contributed by atoms with Crippen molar-refractivity contribution in [2.24, 2.45) is 0 Å². The number of unbranched alkanes of at least 4 members (excludes halogenated alkanes) is 1. The van der Waals surface area contributed by atoms with Gasteiger partial charge in [-0.1, -0.05) is 25.1 Å². The van der Waals surface area contributed by atoms with Crippen LogP contribution in [0.4, 0.5) is 5.69 Å². The molecule has 0 amide bonds. The zero-order valence-electron chi connectivity index (χ0n) is 14.4. The molecule has 6 heteroatoms. The van der Waals surface area contributed by atoms with Crippen LogP contribution in [0.1, 0.15) is 31.7 Å². The van der Waals surface area contributed by atoms with Gasteiger partial charge in [0.05, 0.1) is 5.75 Å². The number of hydrogen-bond donors (Lipinski definition) is 0. The van der Waals surface area contributed by atoms with Crippen molar-refractivity contribution < 1.29 is 13.2 Å². The summed E-state index contributed by atoms with van der Waals surface area (Å²) < 4.78 is 32.4. The van der Waals surface area contributed by atoms with Crippen molar-refractivity contribution in [2.45, 2.75) is 38.8 Å². The lowest BCUT2D eigenvalue weighted by atomic mass is 10.1. The summed E-state index contributed by atoms with van der Waals surface area (Å²) in [6.07, 6.45) is 2.23. The zero-order chi connectivity index (χ0) is 16.9. The van der Waals surface area contributed by atoms with Gasteiger partial charge in [0.25, 0.3) is 0 Å². The van der Waals surface area contributed by atoms with Crippen LogP contribution >= 0.6 is 0 Å². The fourth-order valence-electron chi connectivity index (χ4n) is 3.13. The molecule has 1 atom stereocenters. The first-order chi connectivity index (χ1) is 11.0. The molecule has 23 heavy (non-hydrogen) atoms. The molecule has 1 aromatic rings. The van der Waals surface area contributed by atoms with E-state index in [4.69, 9.17) is 4.74 Å². The average Bonchev–Trinajstić information content (AvgIpc) is 2.69. The van der Waals surface area contributed by atoms with E-state index >= 15 is 0 Å². The van der Waals surface area contributed by atoms with Crippen molar-refractivity contribution in [1.29, 1.82) is 0 Å². The molecule has 0 bridgehead atoms. The van der Waals surface area contributed by atoms with Gasteiger partial charge < -0.3 is 9.64 Å². The maximum Gasteiger partial charge on any atom is 0.214 e. The molecule has 0 spiro atoms. The molecule has 1 unspecified atom stereocenters. The zero-order valence-corrected chi connectivity index (χ0v) is 15.2. The highest BCUT2D eigenvalue weighted by atomic mass is 32.2. The summed E-state index contributed by atoms with van der Waals surface area (Å²) in [7, 11) is 0.417. The molecule has 1 heterocycles. The monoisotopic (exact) mass is 340 g/mol.